The summed E-state index contributed by atoms with van der Waals surface area (Å²) < 4.78 is 81.5. The summed E-state index contributed by atoms with van der Waals surface area (Å²) in [4.78, 5) is 15.4. The Morgan fingerprint density at radius 2 is 2.05 bits per heavy atom. The van der Waals surface area contributed by atoms with Crippen LogP contribution in [-0.2, 0) is 24.3 Å². The summed E-state index contributed by atoms with van der Waals surface area (Å²) in [5.74, 6) is -0.174. The van der Waals surface area contributed by atoms with Crippen LogP contribution in [0.15, 0.2) is 100 Å². The van der Waals surface area contributed by atoms with Gasteiger partial charge < -0.3 is 14.6 Å². The Balaban J connectivity index is 1.57. The number of halogens is 3. The van der Waals surface area contributed by atoms with Gasteiger partial charge in [-0.05, 0) is 49.1 Å². The molecule has 0 bridgehead atoms. The van der Waals surface area contributed by atoms with Crippen molar-refractivity contribution in [2.45, 2.75) is 50.6 Å². The van der Waals surface area contributed by atoms with Crippen molar-refractivity contribution in [2.24, 2.45) is 22.2 Å². The first-order chi connectivity index (χ1) is 20.3. The molecule has 5 atom stereocenters. The molecule has 2 fully saturated rings. The molecule has 0 spiro atoms. The number of aliphatic carboxylic acids is 1. The van der Waals surface area contributed by atoms with Crippen molar-refractivity contribution >= 4 is 21.9 Å². The van der Waals surface area contributed by atoms with Gasteiger partial charge in [-0.25, -0.2) is 13.4 Å². The van der Waals surface area contributed by atoms with Crippen molar-refractivity contribution in [3.63, 3.8) is 0 Å². The van der Waals surface area contributed by atoms with Gasteiger partial charge in [0.25, 0.3) is 0 Å². The van der Waals surface area contributed by atoms with Crippen LogP contribution in [0.5, 0.6) is 0 Å². The second-order valence-electron chi connectivity index (χ2n) is 11.1. The van der Waals surface area contributed by atoms with E-state index in [0.29, 0.717) is 5.90 Å². The number of nitrogens with zero attached hydrogens (tertiary/aromatic N) is 2. The van der Waals surface area contributed by atoms with Crippen LogP contribution in [0.3, 0.4) is 0 Å². The zero-order valence-corrected chi connectivity index (χ0v) is 24.7. The van der Waals surface area contributed by atoms with E-state index in [4.69, 9.17) is 14.6 Å². The van der Waals surface area contributed by atoms with E-state index in [9.17, 15) is 26.4 Å². The molecule has 1 N–H and O–H groups in total. The van der Waals surface area contributed by atoms with E-state index in [2.05, 4.69) is 18.0 Å². The molecule has 8 nitrogen and oxygen atoms in total. The molecular weight excluding hydrogens is 585 g/mol. The third kappa shape index (κ3) is 5.76. The Bertz CT molecular complexity index is 1580. The minimum Gasteiger partial charge on any atom is -0.484 e. The number of ether oxygens (including phenoxy) is 2. The van der Waals surface area contributed by atoms with Gasteiger partial charge in [0.05, 0.1) is 37.3 Å². The predicted octanol–water partition coefficient (Wildman–Crippen LogP) is 5.73. The number of rotatable bonds is 7. The van der Waals surface area contributed by atoms with Gasteiger partial charge in [-0.3, -0.25) is 9.10 Å². The highest BCUT2D eigenvalue weighted by Crippen LogP contribution is 2.67. The zero-order chi connectivity index (χ0) is 31.2. The molecule has 0 aromatic heterocycles. The van der Waals surface area contributed by atoms with Crippen molar-refractivity contribution in [1.29, 1.82) is 0 Å². The summed E-state index contributed by atoms with van der Waals surface area (Å²) in [5, 5.41) is 7.58. The molecule has 2 heterocycles. The lowest BCUT2D eigenvalue weighted by molar-refractivity contribution is -0.136. The first-order valence-corrected chi connectivity index (χ1v) is 15.5. The molecule has 0 radical (unpaired) electrons. The highest BCUT2D eigenvalue weighted by Gasteiger charge is 2.66. The van der Waals surface area contributed by atoms with Crippen molar-refractivity contribution in [2.75, 3.05) is 13.7 Å². The van der Waals surface area contributed by atoms with Crippen LogP contribution in [-0.4, -0.2) is 60.9 Å². The molecule has 0 aromatic rings. The molecule has 1 saturated carbocycles. The second-order valence-corrected chi connectivity index (χ2v) is 13.2. The molecule has 4 unspecified atom stereocenters. The SMILES string of the molecule is CCC12C=CN=C(OC)[C@@H]1C2C1=C\C=C2/C(=C/C(C)=C\1)OC(/C=C/CC(=O)O)CN2S(=O)(=O)C1C=C(C(F)(F)F)C=CC1. The van der Waals surface area contributed by atoms with E-state index in [1.165, 1.54) is 18.2 Å². The third-order valence-electron chi connectivity index (χ3n) is 8.44. The highest BCUT2D eigenvalue weighted by atomic mass is 32.2. The smallest absolute Gasteiger partial charge is 0.416 e. The average molecular weight is 619 g/mol. The van der Waals surface area contributed by atoms with E-state index in [0.717, 1.165) is 34.0 Å². The standard InChI is InChI=1S/C31H33F3N2O6S/c1-4-30-13-14-35-29(41-3)28(30)27(30)20-11-12-24-25(16-19(2)15-20)42-22(8-6-10-26(37)38)18-36(24)43(39,40)23-9-5-7-21(17-23)31(32,33)34/h5-8,11-17,22-23,27-28H,4,9-10,18H2,1-3H3,(H,37,38)/b8-6+,12-11?,19-15-,19-16?,20-11-,20-15?,24-12+,25-16-/t22?,23?,27?,28-,30?/m0/s1. The van der Waals surface area contributed by atoms with E-state index in [-0.39, 0.29) is 48.1 Å². The molecule has 5 aliphatic rings. The molecule has 3 aliphatic carbocycles. The normalized spacial score (nSPS) is 35.2. The van der Waals surface area contributed by atoms with Crippen molar-refractivity contribution < 1.29 is 41.0 Å². The van der Waals surface area contributed by atoms with Crippen molar-refractivity contribution in [3.05, 3.63) is 95.1 Å². The lowest BCUT2D eigenvalue weighted by atomic mass is 9.93. The quantitative estimate of drug-likeness (QED) is 0.365. The molecule has 43 heavy (non-hydrogen) atoms. The Morgan fingerprint density at radius 1 is 1.28 bits per heavy atom. The fraction of sp³-hybridized carbons (Fsp3) is 0.419. The van der Waals surface area contributed by atoms with Gasteiger partial charge in [-0.1, -0.05) is 49.5 Å². The summed E-state index contributed by atoms with van der Waals surface area (Å²) in [5.41, 5.74) is 0.682. The van der Waals surface area contributed by atoms with Crippen LogP contribution < -0.4 is 0 Å². The molecule has 1 saturated heterocycles. The molecule has 2 aliphatic heterocycles. The Kier molecular flexibility index (Phi) is 8.10. The van der Waals surface area contributed by atoms with Crippen molar-refractivity contribution in [3.8, 4) is 0 Å². The number of alkyl halides is 3. The minimum atomic E-state index is -4.70. The van der Waals surface area contributed by atoms with Crippen LogP contribution in [0.25, 0.3) is 0 Å². The number of sulfonamides is 1. The maximum atomic E-state index is 14.0. The van der Waals surface area contributed by atoms with Gasteiger partial charge in [0.1, 0.15) is 17.1 Å². The van der Waals surface area contributed by atoms with E-state index in [1.807, 2.05) is 19.1 Å². The zero-order valence-electron chi connectivity index (χ0n) is 23.9. The number of hydrogen-bond acceptors (Lipinski definition) is 6. The average Bonchev–Trinajstić information content (AvgIpc) is 3.63. The fourth-order valence-corrected chi connectivity index (χ4v) is 8.11. The molecule has 12 heteroatoms. The van der Waals surface area contributed by atoms with Crippen LogP contribution in [0.2, 0.25) is 0 Å². The van der Waals surface area contributed by atoms with Gasteiger partial charge in [-0.15, -0.1) is 0 Å². The summed E-state index contributed by atoms with van der Waals surface area (Å²) in [6, 6.07) is 0. The van der Waals surface area contributed by atoms with E-state index in [1.54, 1.807) is 25.5 Å². The summed E-state index contributed by atoms with van der Waals surface area (Å²) in [7, 11) is -2.79. The predicted molar refractivity (Wildman–Crippen MR) is 155 cm³/mol. The van der Waals surface area contributed by atoms with Crippen LogP contribution in [0, 0.1) is 17.3 Å². The van der Waals surface area contributed by atoms with Gasteiger partial charge in [0.15, 0.2) is 5.90 Å². The molecule has 0 aromatic carbocycles. The number of allylic oxidation sites excluding steroid dienone is 10. The van der Waals surface area contributed by atoms with E-state index < -0.39 is 39.1 Å². The Hall–Kier alpha value is -3.80. The number of aliphatic imine (C=N–C) groups is 1. The van der Waals surface area contributed by atoms with Crippen LogP contribution >= 0.6 is 0 Å². The fourth-order valence-electron chi connectivity index (χ4n) is 6.33. The number of carboxylic acid groups (broad SMARTS) is 1. The number of methoxy groups -OCH3 is 1. The molecule has 5 rings (SSSR count). The van der Waals surface area contributed by atoms with Crippen molar-refractivity contribution in [1.82, 2.24) is 4.31 Å². The second kappa shape index (κ2) is 11.4. The molecule has 0 amide bonds. The lowest BCUT2D eigenvalue weighted by Gasteiger charge is -2.38. The minimum absolute atomic E-state index is 0.0234. The van der Waals surface area contributed by atoms with Crippen LogP contribution in [0.4, 0.5) is 13.2 Å². The first kappa shape index (κ1) is 30.7. The molecule has 230 valence electrons. The number of fused-ring (bicyclic) bond motifs is 2. The maximum Gasteiger partial charge on any atom is 0.416 e. The number of morpholine rings is 1. The number of carboxylic acids is 1. The summed E-state index contributed by atoms with van der Waals surface area (Å²) in [6.07, 6.45) is 11.5. The first-order valence-electron chi connectivity index (χ1n) is 14.0. The Labute approximate surface area is 248 Å². The Morgan fingerprint density at radius 3 is 2.72 bits per heavy atom. The van der Waals surface area contributed by atoms with Gasteiger partial charge in [-0.2, -0.15) is 13.2 Å². The van der Waals surface area contributed by atoms with Gasteiger partial charge >= 0.3 is 12.1 Å². The largest absolute Gasteiger partial charge is 0.484 e. The van der Waals surface area contributed by atoms with Crippen LogP contribution in [0.1, 0.15) is 33.1 Å². The number of carbonyl (C=O) groups is 1. The van der Waals surface area contributed by atoms with Gasteiger partial charge in [0, 0.05) is 17.5 Å². The molecular formula is C31H33F3N2O6S. The monoisotopic (exact) mass is 618 g/mol. The summed E-state index contributed by atoms with van der Waals surface area (Å²) in [6.45, 7) is 3.71. The topological polar surface area (TPSA) is 106 Å². The number of hydrogen-bond donors (Lipinski definition) is 1. The summed E-state index contributed by atoms with van der Waals surface area (Å²) >= 11 is 0. The van der Waals surface area contributed by atoms with E-state index >= 15 is 0 Å². The third-order valence-corrected chi connectivity index (χ3v) is 10.5. The van der Waals surface area contributed by atoms with Gasteiger partial charge in [0.2, 0.25) is 10.0 Å². The maximum absolute atomic E-state index is 14.0. The lowest BCUT2D eigenvalue weighted by Crippen LogP contribution is -2.46. The highest BCUT2D eigenvalue weighted by molar-refractivity contribution is 7.90.